The van der Waals surface area contributed by atoms with Crippen molar-refractivity contribution in [3.63, 3.8) is 0 Å². The number of hydrogen-bond donors (Lipinski definition) is 8. The molecule has 0 bridgehead atoms. The molecule has 0 fully saturated rings. The SMILES string of the molecule is NCCCCC(NC(=O)C(Cc1ccccc1)NC(=O)C(CCCN=C(N)N)NC(=O)CN)C(=O)O. The predicted octanol–water partition coefficient (Wildman–Crippen LogP) is -2.09. The van der Waals surface area contributed by atoms with Crippen molar-refractivity contribution in [2.24, 2.45) is 27.9 Å². The highest BCUT2D eigenvalue weighted by Gasteiger charge is 2.29. The molecule has 0 saturated carbocycles. The Bertz CT molecular complexity index is 877. The van der Waals surface area contributed by atoms with Crippen molar-refractivity contribution in [1.82, 2.24) is 16.0 Å². The van der Waals surface area contributed by atoms with Gasteiger partial charge in [0.15, 0.2) is 5.96 Å². The Balaban J connectivity index is 3.03. The molecule has 0 saturated heterocycles. The number of nitrogens with zero attached hydrogens (tertiary/aromatic N) is 1. The van der Waals surface area contributed by atoms with E-state index in [-0.39, 0.29) is 38.3 Å². The molecule has 0 aliphatic carbocycles. The second-order valence-electron chi connectivity index (χ2n) is 8.21. The molecular formula is C23H38N8O5. The molecule has 3 unspecified atom stereocenters. The molecule has 3 amide bonds. The molecule has 0 aliphatic heterocycles. The molecule has 0 aliphatic rings. The minimum absolute atomic E-state index is 0.0963. The number of aliphatic carboxylic acids is 1. The normalized spacial score (nSPS) is 13.1. The van der Waals surface area contributed by atoms with Gasteiger partial charge >= 0.3 is 5.97 Å². The lowest BCUT2D eigenvalue weighted by Crippen LogP contribution is -2.56. The van der Waals surface area contributed by atoms with E-state index in [9.17, 15) is 24.3 Å². The number of amides is 3. The van der Waals surface area contributed by atoms with E-state index in [1.807, 2.05) is 6.07 Å². The summed E-state index contributed by atoms with van der Waals surface area (Å²) in [5.74, 6) is -3.10. The molecule has 1 aromatic rings. The smallest absolute Gasteiger partial charge is 0.326 e. The number of unbranched alkanes of at least 4 members (excludes halogenated alkanes) is 1. The highest BCUT2D eigenvalue weighted by molar-refractivity contribution is 5.93. The molecule has 13 nitrogen and oxygen atoms in total. The predicted molar refractivity (Wildman–Crippen MR) is 135 cm³/mol. The minimum Gasteiger partial charge on any atom is -0.480 e. The van der Waals surface area contributed by atoms with E-state index in [1.54, 1.807) is 24.3 Å². The maximum atomic E-state index is 13.1. The largest absolute Gasteiger partial charge is 0.480 e. The number of carbonyl (C=O) groups excluding carboxylic acids is 3. The van der Waals surface area contributed by atoms with Gasteiger partial charge in [-0.05, 0) is 44.2 Å². The molecule has 12 N–H and O–H groups in total. The Morgan fingerprint density at radius 3 is 2.03 bits per heavy atom. The summed E-state index contributed by atoms with van der Waals surface area (Å²) in [6, 6.07) is 5.72. The first kappa shape index (κ1) is 30.3. The lowest BCUT2D eigenvalue weighted by molar-refractivity contribution is -0.142. The van der Waals surface area contributed by atoms with E-state index in [0.717, 1.165) is 5.56 Å². The monoisotopic (exact) mass is 506 g/mol. The number of nitrogens with two attached hydrogens (primary N) is 4. The van der Waals surface area contributed by atoms with Crippen LogP contribution in [0.1, 0.15) is 37.7 Å². The quantitative estimate of drug-likeness (QED) is 0.0655. The zero-order valence-corrected chi connectivity index (χ0v) is 20.3. The average molecular weight is 507 g/mol. The fourth-order valence-corrected chi connectivity index (χ4v) is 3.38. The second kappa shape index (κ2) is 16.8. The Morgan fingerprint density at radius 2 is 1.44 bits per heavy atom. The van der Waals surface area contributed by atoms with E-state index in [2.05, 4.69) is 20.9 Å². The van der Waals surface area contributed by atoms with Crippen LogP contribution in [0.25, 0.3) is 0 Å². The van der Waals surface area contributed by atoms with Crippen LogP contribution in [-0.2, 0) is 25.6 Å². The van der Waals surface area contributed by atoms with Gasteiger partial charge < -0.3 is 44.0 Å². The number of carboxylic acids is 1. The van der Waals surface area contributed by atoms with Crippen LogP contribution in [0.3, 0.4) is 0 Å². The van der Waals surface area contributed by atoms with Crippen molar-refractivity contribution in [1.29, 1.82) is 0 Å². The number of benzene rings is 1. The van der Waals surface area contributed by atoms with E-state index in [1.165, 1.54) is 0 Å². The van der Waals surface area contributed by atoms with Gasteiger partial charge in [-0.1, -0.05) is 30.3 Å². The van der Waals surface area contributed by atoms with Gasteiger partial charge in [0.1, 0.15) is 18.1 Å². The maximum absolute atomic E-state index is 13.1. The Hall–Kier alpha value is -3.71. The van der Waals surface area contributed by atoms with Gasteiger partial charge in [0.2, 0.25) is 17.7 Å². The molecule has 1 rings (SSSR count). The summed E-state index contributed by atoms with van der Waals surface area (Å²) in [6.07, 6.45) is 2.01. The van der Waals surface area contributed by atoms with Crippen LogP contribution in [0, 0.1) is 0 Å². The Morgan fingerprint density at radius 1 is 0.833 bits per heavy atom. The number of hydrogen-bond acceptors (Lipinski definition) is 7. The molecule has 0 radical (unpaired) electrons. The third-order valence-corrected chi connectivity index (χ3v) is 5.26. The summed E-state index contributed by atoms with van der Waals surface area (Å²) in [5, 5.41) is 17.2. The molecule has 36 heavy (non-hydrogen) atoms. The van der Waals surface area contributed by atoms with Gasteiger partial charge in [0.05, 0.1) is 6.54 Å². The summed E-state index contributed by atoms with van der Waals surface area (Å²) >= 11 is 0. The fraction of sp³-hybridized carbons (Fsp3) is 0.522. The summed E-state index contributed by atoms with van der Waals surface area (Å²) in [7, 11) is 0. The van der Waals surface area contributed by atoms with Crippen LogP contribution in [0.4, 0.5) is 0 Å². The first-order chi connectivity index (χ1) is 17.2. The summed E-state index contributed by atoms with van der Waals surface area (Å²) < 4.78 is 0. The van der Waals surface area contributed by atoms with E-state index in [4.69, 9.17) is 22.9 Å². The first-order valence-corrected chi connectivity index (χ1v) is 11.8. The van der Waals surface area contributed by atoms with Crippen molar-refractivity contribution < 1.29 is 24.3 Å². The van der Waals surface area contributed by atoms with E-state index in [0.29, 0.717) is 25.8 Å². The summed E-state index contributed by atoms with van der Waals surface area (Å²) in [4.78, 5) is 53.6. The van der Waals surface area contributed by atoms with Crippen LogP contribution in [0.2, 0.25) is 0 Å². The van der Waals surface area contributed by atoms with Crippen LogP contribution in [0.15, 0.2) is 35.3 Å². The van der Waals surface area contributed by atoms with Crippen molar-refractivity contribution in [3.05, 3.63) is 35.9 Å². The molecule has 13 heteroatoms. The van der Waals surface area contributed by atoms with Gasteiger partial charge in [0.25, 0.3) is 0 Å². The third kappa shape index (κ3) is 12.1. The third-order valence-electron chi connectivity index (χ3n) is 5.26. The molecule has 0 spiro atoms. The first-order valence-electron chi connectivity index (χ1n) is 11.8. The average Bonchev–Trinajstić information content (AvgIpc) is 2.84. The summed E-state index contributed by atoms with van der Waals surface area (Å²) in [6.45, 7) is 0.322. The van der Waals surface area contributed by atoms with Gasteiger partial charge in [-0.15, -0.1) is 0 Å². The molecule has 200 valence electrons. The Labute approximate surface area is 210 Å². The second-order valence-corrected chi connectivity index (χ2v) is 8.21. The van der Waals surface area contributed by atoms with E-state index < -0.39 is 41.8 Å². The molecule has 0 heterocycles. The Kier molecular flexibility index (Phi) is 14.2. The number of rotatable bonds is 17. The summed E-state index contributed by atoms with van der Waals surface area (Å²) in [5.41, 5.74) is 22.2. The van der Waals surface area contributed by atoms with Crippen molar-refractivity contribution in [3.8, 4) is 0 Å². The molecule has 3 atom stereocenters. The van der Waals surface area contributed by atoms with E-state index >= 15 is 0 Å². The molecule has 1 aromatic carbocycles. The van der Waals surface area contributed by atoms with Gasteiger partial charge in [-0.25, -0.2) is 4.79 Å². The zero-order chi connectivity index (χ0) is 26.9. The topological polar surface area (TPSA) is 241 Å². The van der Waals surface area contributed by atoms with Crippen LogP contribution in [-0.4, -0.2) is 72.5 Å². The lowest BCUT2D eigenvalue weighted by Gasteiger charge is -2.24. The lowest BCUT2D eigenvalue weighted by atomic mass is 10.0. The number of aliphatic imine (C=N–C) groups is 1. The minimum atomic E-state index is -1.18. The standard InChI is InChI=1S/C23H38N8O5/c24-11-5-4-9-17(22(35)36)30-21(34)18(13-15-7-2-1-3-8-15)31-20(33)16(29-19(32)14-25)10-6-12-28-23(26)27/h1-3,7-8,16-18H,4-6,9-14,24-25H2,(H,29,32)(H,30,34)(H,31,33)(H,35,36)(H4,26,27,28). The number of carboxylic acid groups (broad SMARTS) is 1. The number of carbonyl (C=O) groups is 4. The zero-order valence-electron chi connectivity index (χ0n) is 20.3. The highest BCUT2D eigenvalue weighted by Crippen LogP contribution is 2.08. The number of guanidine groups is 1. The van der Waals surface area contributed by atoms with Crippen LogP contribution >= 0.6 is 0 Å². The maximum Gasteiger partial charge on any atom is 0.326 e. The highest BCUT2D eigenvalue weighted by atomic mass is 16.4. The van der Waals surface area contributed by atoms with Crippen LogP contribution < -0.4 is 38.9 Å². The van der Waals surface area contributed by atoms with Crippen molar-refractivity contribution in [2.45, 2.75) is 56.7 Å². The van der Waals surface area contributed by atoms with Crippen molar-refractivity contribution in [2.75, 3.05) is 19.6 Å². The van der Waals surface area contributed by atoms with Gasteiger partial charge in [0, 0.05) is 13.0 Å². The van der Waals surface area contributed by atoms with Gasteiger partial charge in [-0.2, -0.15) is 0 Å². The van der Waals surface area contributed by atoms with Crippen LogP contribution in [0.5, 0.6) is 0 Å². The number of nitrogens with one attached hydrogen (secondary N) is 3. The molecule has 0 aromatic heterocycles. The molecular weight excluding hydrogens is 468 g/mol. The fourth-order valence-electron chi connectivity index (χ4n) is 3.38. The van der Waals surface area contributed by atoms with Gasteiger partial charge in [-0.3, -0.25) is 19.4 Å². The van der Waals surface area contributed by atoms with Crippen molar-refractivity contribution >= 4 is 29.7 Å².